The largest absolute Gasteiger partial charge is 0.391 e. The van der Waals surface area contributed by atoms with Gasteiger partial charge in [-0.05, 0) is 18.4 Å². The number of aliphatic hydroxyl groups is 1. The van der Waals surface area contributed by atoms with Gasteiger partial charge in [0.2, 0.25) is 5.91 Å². The second-order valence-corrected chi connectivity index (χ2v) is 8.53. The van der Waals surface area contributed by atoms with Gasteiger partial charge in [-0.1, -0.05) is 13.8 Å². The third-order valence-electron chi connectivity index (χ3n) is 5.19. The van der Waals surface area contributed by atoms with Crippen LogP contribution >= 0.6 is 11.3 Å². The molecular formula is C20H25N5O2S. The van der Waals surface area contributed by atoms with E-state index < -0.39 is 0 Å². The summed E-state index contributed by atoms with van der Waals surface area (Å²) in [6, 6.07) is 2.17. The van der Waals surface area contributed by atoms with E-state index in [9.17, 15) is 9.90 Å². The predicted octanol–water partition coefficient (Wildman–Crippen LogP) is 3.24. The fourth-order valence-electron chi connectivity index (χ4n) is 3.92. The Morgan fingerprint density at radius 2 is 2.25 bits per heavy atom. The Hall–Kier alpha value is -2.45. The zero-order valence-electron chi connectivity index (χ0n) is 16.1. The Labute approximate surface area is 167 Å². The monoisotopic (exact) mass is 399 g/mol. The minimum atomic E-state index is -0.0194. The third kappa shape index (κ3) is 3.62. The molecule has 1 aliphatic rings. The van der Waals surface area contributed by atoms with Gasteiger partial charge in [0.05, 0.1) is 22.7 Å². The van der Waals surface area contributed by atoms with Crippen molar-refractivity contribution in [2.75, 3.05) is 18.4 Å². The van der Waals surface area contributed by atoms with E-state index in [0.717, 1.165) is 45.1 Å². The average molecular weight is 400 g/mol. The Kier molecular flexibility index (Phi) is 5.32. The Morgan fingerprint density at radius 3 is 3.00 bits per heavy atom. The van der Waals surface area contributed by atoms with Crippen LogP contribution in [0.25, 0.3) is 21.6 Å². The molecule has 0 spiro atoms. The van der Waals surface area contributed by atoms with E-state index >= 15 is 0 Å². The number of hydrogen-bond acceptors (Lipinski definition) is 6. The quantitative estimate of drug-likeness (QED) is 0.612. The molecule has 0 aromatic carbocycles. The number of aromatic amines is 1. The van der Waals surface area contributed by atoms with Crippen LogP contribution in [-0.2, 0) is 11.4 Å². The molecule has 1 saturated heterocycles. The summed E-state index contributed by atoms with van der Waals surface area (Å²) in [5.41, 5.74) is 2.71. The molecule has 0 unspecified atom stereocenters. The van der Waals surface area contributed by atoms with E-state index in [4.69, 9.17) is 0 Å². The minimum Gasteiger partial charge on any atom is -0.391 e. The number of aliphatic hydroxyl groups excluding tert-OH is 1. The van der Waals surface area contributed by atoms with E-state index in [0.29, 0.717) is 18.9 Å². The molecule has 8 heteroatoms. The maximum absolute atomic E-state index is 12.3. The number of H-pyrrole nitrogens is 1. The van der Waals surface area contributed by atoms with E-state index in [2.05, 4.69) is 27.2 Å². The first-order valence-corrected chi connectivity index (χ1v) is 10.5. The topological polar surface area (TPSA) is 94.1 Å². The van der Waals surface area contributed by atoms with Gasteiger partial charge in [-0.15, -0.1) is 11.3 Å². The smallest absolute Gasteiger partial charge is 0.222 e. The van der Waals surface area contributed by atoms with Gasteiger partial charge in [-0.2, -0.15) is 0 Å². The van der Waals surface area contributed by atoms with Crippen LogP contribution in [0.5, 0.6) is 0 Å². The van der Waals surface area contributed by atoms with Gasteiger partial charge in [-0.3, -0.25) is 4.79 Å². The lowest BCUT2D eigenvalue weighted by atomic mass is 9.95. The number of piperidine rings is 1. The molecule has 1 aliphatic heterocycles. The van der Waals surface area contributed by atoms with Crippen LogP contribution in [0, 0.1) is 5.92 Å². The maximum atomic E-state index is 12.3. The number of carbonyl (C=O) groups excluding carboxylic acids is 1. The average Bonchev–Trinajstić information content (AvgIpc) is 3.36. The zero-order chi connectivity index (χ0) is 19.7. The van der Waals surface area contributed by atoms with Gasteiger partial charge >= 0.3 is 0 Å². The lowest BCUT2D eigenvalue weighted by Crippen LogP contribution is -2.48. The van der Waals surface area contributed by atoms with Gasteiger partial charge in [0.15, 0.2) is 0 Å². The molecule has 3 aromatic heterocycles. The summed E-state index contributed by atoms with van der Waals surface area (Å²) in [6.45, 7) is 5.60. The first kappa shape index (κ1) is 18.9. The number of nitrogens with zero attached hydrogens (tertiary/aromatic N) is 3. The minimum absolute atomic E-state index is 0.0194. The van der Waals surface area contributed by atoms with Crippen LogP contribution in [0.3, 0.4) is 0 Å². The van der Waals surface area contributed by atoms with Crippen LogP contribution < -0.4 is 5.32 Å². The number of fused-ring (bicyclic) bond motifs is 1. The molecule has 2 atom stereocenters. The number of rotatable bonds is 5. The van der Waals surface area contributed by atoms with Gasteiger partial charge in [-0.25, -0.2) is 9.97 Å². The zero-order valence-corrected chi connectivity index (χ0v) is 16.9. The molecule has 0 aliphatic carbocycles. The number of hydrogen-bond donors (Lipinski definition) is 3. The van der Waals surface area contributed by atoms with Crippen molar-refractivity contribution in [3.05, 3.63) is 29.5 Å². The number of pyridine rings is 1. The number of thiazole rings is 1. The molecule has 3 aromatic rings. The number of nitrogens with one attached hydrogen (secondary N) is 2. The third-order valence-corrected chi connectivity index (χ3v) is 6.21. The van der Waals surface area contributed by atoms with Crippen LogP contribution in [0.15, 0.2) is 24.7 Å². The summed E-state index contributed by atoms with van der Waals surface area (Å²) < 4.78 is 0. The van der Waals surface area contributed by atoms with E-state index in [1.807, 2.05) is 30.3 Å². The lowest BCUT2D eigenvalue weighted by Gasteiger charge is -2.37. The molecule has 4 heterocycles. The van der Waals surface area contributed by atoms with Gasteiger partial charge in [0.25, 0.3) is 0 Å². The number of amides is 1. The van der Waals surface area contributed by atoms with Crippen molar-refractivity contribution in [1.82, 2.24) is 19.9 Å². The Balaban J connectivity index is 1.69. The molecule has 4 rings (SSSR count). The van der Waals surface area contributed by atoms with Crippen molar-refractivity contribution < 1.29 is 9.90 Å². The van der Waals surface area contributed by atoms with Crippen molar-refractivity contribution in [2.24, 2.45) is 5.92 Å². The molecule has 7 nitrogen and oxygen atoms in total. The second-order valence-electron chi connectivity index (χ2n) is 7.41. The number of anilines is 1. The standard InChI is InChI=1S/C20H25N5O2S/c1-3-17(27)25-9-12(2)6-13(10-25)24-18-15-4-5-21-19(15)22-8-16(18)20-23-7-14(11-26)28-20/h4-5,7-8,12-13,26H,3,6,9-11H2,1-2H3,(H2,21,22,24)/t12-,13+/m0/s1. The number of aromatic nitrogens is 3. The van der Waals surface area contributed by atoms with Crippen LogP contribution in [0.1, 0.15) is 31.6 Å². The van der Waals surface area contributed by atoms with Crippen molar-refractivity contribution >= 4 is 34.0 Å². The molecule has 1 fully saturated rings. The summed E-state index contributed by atoms with van der Waals surface area (Å²) in [7, 11) is 0. The van der Waals surface area contributed by atoms with Crippen molar-refractivity contribution in [3.63, 3.8) is 0 Å². The number of likely N-dealkylation sites (tertiary alicyclic amines) is 1. The highest BCUT2D eigenvalue weighted by Gasteiger charge is 2.28. The van der Waals surface area contributed by atoms with Gasteiger partial charge in [0, 0.05) is 49.5 Å². The molecular weight excluding hydrogens is 374 g/mol. The summed E-state index contributed by atoms with van der Waals surface area (Å²) in [4.78, 5) is 27.2. The van der Waals surface area contributed by atoms with Crippen molar-refractivity contribution in [3.8, 4) is 10.6 Å². The molecule has 0 saturated carbocycles. The fourth-order valence-corrected chi connectivity index (χ4v) is 4.71. The predicted molar refractivity (Wildman–Crippen MR) is 111 cm³/mol. The summed E-state index contributed by atoms with van der Waals surface area (Å²) in [5, 5.41) is 14.9. The molecule has 148 valence electrons. The normalized spacial score (nSPS) is 19.9. The van der Waals surface area contributed by atoms with Gasteiger partial charge in [0.1, 0.15) is 10.7 Å². The first-order valence-electron chi connectivity index (χ1n) is 9.65. The summed E-state index contributed by atoms with van der Waals surface area (Å²) >= 11 is 1.47. The highest BCUT2D eigenvalue weighted by molar-refractivity contribution is 7.15. The van der Waals surface area contributed by atoms with Crippen LogP contribution in [0.2, 0.25) is 0 Å². The van der Waals surface area contributed by atoms with Crippen molar-refractivity contribution in [2.45, 2.75) is 39.3 Å². The maximum Gasteiger partial charge on any atom is 0.222 e. The van der Waals surface area contributed by atoms with Gasteiger partial charge < -0.3 is 20.3 Å². The van der Waals surface area contributed by atoms with Crippen LogP contribution in [0.4, 0.5) is 5.69 Å². The molecule has 3 N–H and O–H groups in total. The second kappa shape index (κ2) is 7.89. The summed E-state index contributed by atoms with van der Waals surface area (Å²) in [5.74, 6) is 0.641. The summed E-state index contributed by atoms with van der Waals surface area (Å²) in [6.07, 6.45) is 6.94. The highest BCUT2D eigenvalue weighted by atomic mass is 32.1. The highest BCUT2D eigenvalue weighted by Crippen LogP contribution is 2.36. The molecule has 1 amide bonds. The van der Waals surface area contributed by atoms with E-state index in [-0.39, 0.29) is 18.6 Å². The molecule has 0 bridgehead atoms. The lowest BCUT2D eigenvalue weighted by molar-refractivity contribution is -0.132. The Morgan fingerprint density at radius 1 is 1.39 bits per heavy atom. The molecule has 0 radical (unpaired) electrons. The molecule has 28 heavy (non-hydrogen) atoms. The fraction of sp³-hybridized carbons (Fsp3) is 0.450. The number of carbonyl (C=O) groups is 1. The van der Waals surface area contributed by atoms with Crippen LogP contribution in [-0.4, -0.2) is 50.0 Å². The first-order chi connectivity index (χ1) is 13.6. The van der Waals surface area contributed by atoms with E-state index in [1.54, 1.807) is 6.20 Å². The Bertz CT molecular complexity index is 982. The SMILES string of the molecule is CCC(=O)N1C[C@@H](C)C[C@@H](Nc2c(-c3ncc(CO)s3)cnc3[nH]ccc23)C1. The van der Waals surface area contributed by atoms with E-state index in [1.165, 1.54) is 11.3 Å². The van der Waals surface area contributed by atoms with Crippen molar-refractivity contribution in [1.29, 1.82) is 0 Å².